The van der Waals surface area contributed by atoms with Crippen molar-refractivity contribution in [3.63, 3.8) is 0 Å². The zero-order valence-electron chi connectivity index (χ0n) is 8.28. The summed E-state index contributed by atoms with van der Waals surface area (Å²) in [6, 6.07) is 3.05. The Labute approximate surface area is 91.9 Å². The summed E-state index contributed by atoms with van der Waals surface area (Å²) >= 11 is 0. The van der Waals surface area contributed by atoms with E-state index in [1.807, 2.05) is 0 Å². The monoisotopic (exact) mass is 245 g/mol. The van der Waals surface area contributed by atoms with Crippen molar-refractivity contribution >= 4 is 19.2 Å². The molecule has 1 aromatic rings. The van der Waals surface area contributed by atoms with Gasteiger partial charge in [-0.25, -0.2) is 0 Å². The van der Waals surface area contributed by atoms with Gasteiger partial charge >= 0.3 is 7.60 Å². The molecule has 0 radical (unpaired) electrons. The molecule has 0 saturated carbocycles. The third-order valence-electron chi connectivity index (χ3n) is 2.00. The molecule has 0 aliphatic carbocycles. The van der Waals surface area contributed by atoms with Crippen LogP contribution < -0.4 is 11.0 Å². The second-order valence-electron chi connectivity index (χ2n) is 3.37. The Bertz CT molecular complexity index is 442. The summed E-state index contributed by atoms with van der Waals surface area (Å²) in [6.45, 7) is 0. The Morgan fingerprint density at radius 1 is 1.44 bits per heavy atom. The minimum atomic E-state index is -4.51. The summed E-state index contributed by atoms with van der Waals surface area (Å²) in [6.07, 6.45) is 0.709. The van der Waals surface area contributed by atoms with Gasteiger partial charge in [0.2, 0.25) is 0 Å². The average molecular weight is 245 g/mol. The summed E-state index contributed by atoms with van der Waals surface area (Å²) in [5.41, 5.74) is 5.86. The van der Waals surface area contributed by atoms with Crippen molar-refractivity contribution in [1.82, 2.24) is 0 Å². The largest absolute Gasteiger partial charge is 0.507 e. The van der Waals surface area contributed by atoms with Gasteiger partial charge in [0.15, 0.2) is 0 Å². The standard InChI is InChI=1S/C9H12NO5P/c10-7(5-11)3-6-1-2-8(12)9(4-6)16(13,14)15/h1-2,4-5,7,12H,3,10H2,(H2,13,14,15)/t7-/m0/s1. The molecule has 1 atom stereocenters. The maximum Gasteiger partial charge on any atom is 0.359 e. The summed E-state index contributed by atoms with van der Waals surface area (Å²) in [5, 5.41) is 8.81. The van der Waals surface area contributed by atoms with Gasteiger partial charge in [-0.3, -0.25) is 4.57 Å². The minimum Gasteiger partial charge on any atom is -0.507 e. The molecule has 0 unspecified atom stereocenters. The normalized spacial score (nSPS) is 13.4. The smallest absolute Gasteiger partial charge is 0.359 e. The first-order valence-corrected chi connectivity index (χ1v) is 6.04. The maximum absolute atomic E-state index is 11.0. The second-order valence-corrected chi connectivity index (χ2v) is 4.94. The molecule has 6 nitrogen and oxygen atoms in total. The predicted molar refractivity (Wildman–Crippen MR) is 57.5 cm³/mol. The topological polar surface area (TPSA) is 121 Å². The maximum atomic E-state index is 11.0. The molecule has 0 aliphatic rings. The fraction of sp³-hybridized carbons (Fsp3) is 0.222. The van der Waals surface area contributed by atoms with E-state index in [-0.39, 0.29) is 6.42 Å². The first kappa shape index (κ1) is 12.9. The number of hydrogen-bond acceptors (Lipinski definition) is 4. The Hall–Kier alpha value is -1.20. The average Bonchev–Trinajstić information content (AvgIpc) is 2.19. The molecule has 0 aromatic heterocycles. The number of benzene rings is 1. The molecule has 0 aliphatic heterocycles. The van der Waals surface area contributed by atoms with Crippen molar-refractivity contribution in [2.45, 2.75) is 12.5 Å². The fourth-order valence-corrected chi connectivity index (χ4v) is 1.96. The van der Waals surface area contributed by atoms with Crippen LogP contribution >= 0.6 is 7.60 Å². The number of rotatable bonds is 4. The van der Waals surface area contributed by atoms with Crippen LogP contribution in [0.15, 0.2) is 18.2 Å². The molecule has 1 rings (SSSR count). The van der Waals surface area contributed by atoms with Crippen LogP contribution in [0.1, 0.15) is 5.56 Å². The third kappa shape index (κ3) is 3.15. The van der Waals surface area contributed by atoms with E-state index < -0.39 is 24.7 Å². The van der Waals surface area contributed by atoms with Gasteiger partial charge in [0.25, 0.3) is 0 Å². The molecule has 0 heterocycles. The molecule has 0 saturated heterocycles. The van der Waals surface area contributed by atoms with E-state index in [1.165, 1.54) is 12.1 Å². The van der Waals surface area contributed by atoms with Gasteiger partial charge in [-0.2, -0.15) is 0 Å². The molecule has 0 fully saturated rings. The summed E-state index contributed by atoms with van der Waals surface area (Å²) in [4.78, 5) is 28.2. The van der Waals surface area contributed by atoms with Crippen molar-refractivity contribution in [2.24, 2.45) is 5.73 Å². The molecule has 0 bridgehead atoms. The Kier molecular flexibility index (Phi) is 3.83. The van der Waals surface area contributed by atoms with Gasteiger partial charge in [-0.1, -0.05) is 6.07 Å². The van der Waals surface area contributed by atoms with Crippen LogP contribution in [0.3, 0.4) is 0 Å². The van der Waals surface area contributed by atoms with Gasteiger partial charge in [0.1, 0.15) is 17.3 Å². The lowest BCUT2D eigenvalue weighted by atomic mass is 10.1. The second kappa shape index (κ2) is 4.76. The van der Waals surface area contributed by atoms with Gasteiger partial charge in [0, 0.05) is 0 Å². The molecule has 5 N–H and O–H groups in total. The van der Waals surface area contributed by atoms with E-state index >= 15 is 0 Å². The van der Waals surface area contributed by atoms with Gasteiger partial charge in [-0.15, -0.1) is 0 Å². The van der Waals surface area contributed by atoms with Crippen molar-refractivity contribution in [3.8, 4) is 5.75 Å². The molecule has 16 heavy (non-hydrogen) atoms. The molecular formula is C9H12NO5P. The Morgan fingerprint density at radius 2 is 2.06 bits per heavy atom. The van der Waals surface area contributed by atoms with Gasteiger partial charge < -0.3 is 25.4 Å². The van der Waals surface area contributed by atoms with Crippen molar-refractivity contribution in [2.75, 3.05) is 0 Å². The van der Waals surface area contributed by atoms with E-state index in [9.17, 15) is 14.5 Å². The Balaban J connectivity index is 3.08. The summed E-state index contributed by atoms with van der Waals surface area (Å²) in [7, 11) is -4.51. The van der Waals surface area contributed by atoms with Gasteiger partial charge in [-0.05, 0) is 24.1 Å². The lowest BCUT2D eigenvalue weighted by Gasteiger charge is -2.10. The number of carbonyl (C=O) groups is 1. The summed E-state index contributed by atoms with van der Waals surface area (Å²) < 4.78 is 11.0. The third-order valence-corrected chi connectivity index (χ3v) is 2.99. The first-order valence-electron chi connectivity index (χ1n) is 4.43. The number of phenolic OH excluding ortho intramolecular Hbond substituents is 1. The number of aromatic hydroxyl groups is 1. The van der Waals surface area contributed by atoms with Crippen LogP contribution in [0.25, 0.3) is 0 Å². The van der Waals surface area contributed by atoms with Gasteiger partial charge in [0.05, 0.1) is 6.04 Å². The molecule has 88 valence electrons. The van der Waals surface area contributed by atoms with Crippen LogP contribution in [0.2, 0.25) is 0 Å². The quantitative estimate of drug-likeness (QED) is 0.409. The van der Waals surface area contributed by atoms with E-state index in [0.717, 1.165) is 6.07 Å². The first-order chi connectivity index (χ1) is 7.34. The van der Waals surface area contributed by atoms with Crippen LogP contribution in [-0.4, -0.2) is 27.2 Å². The van der Waals surface area contributed by atoms with Crippen LogP contribution in [-0.2, 0) is 15.8 Å². The van der Waals surface area contributed by atoms with E-state index in [0.29, 0.717) is 11.8 Å². The lowest BCUT2D eigenvalue weighted by Crippen LogP contribution is -2.24. The van der Waals surface area contributed by atoms with E-state index in [2.05, 4.69) is 0 Å². The molecule has 0 amide bonds. The van der Waals surface area contributed by atoms with E-state index in [4.69, 9.17) is 15.5 Å². The highest BCUT2D eigenvalue weighted by molar-refractivity contribution is 7.60. The number of phenols is 1. The fourth-order valence-electron chi connectivity index (χ4n) is 1.25. The summed E-state index contributed by atoms with van der Waals surface area (Å²) in [5.74, 6) is -0.475. The van der Waals surface area contributed by atoms with Crippen molar-refractivity contribution in [1.29, 1.82) is 0 Å². The zero-order chi connectivity index (χ0) is 12.3. The number of aldehydes is 1. The van der Waals surface area contributed by atoms with Crippen molar-refractivity contribution in [3.05, 3.63) is 23.8 Å². The molecule has 0 spiro atoms. The highest BCUT2D eigenvalue weighted by atomic mass is 31.2. The van der Waals surface area contributed by atoms with Crippen molar-refractivity contribution < 1.29 is 24.3 Å². The SMILES string of the molecule is N[C@H](C=O)Cc1ccc(O)c(P(=O)(O)O)c1. The molecule has 7 heteroatoms. The number of hydrogen-bond donors (Lipinski definition) is 4. The zero-order valence-corrected chi connectivity index (χ0v) is 9.17. The Morgan fingerprint density at radius 3 is 2.56 bits per heavy atom. The molecular weight excluding hydrogens is 233 g/mol. The predicted octanol–water partition coefficient (Wildman–Crippen LogP) is -0.736. The van der Waals surface area contributed by atoms with Crippen LogP contribution in [0, 0.1) is 0 Å². The number of carbonyl (C=O) groups excluding carboxylic acids is 1. The van der Waals surface area contributed by atoms with Crippen LogP contribution in [0.5, 0.6) is 5.75 Å². The number of nitrogens with two attached hydrogens (primary N) is 1. The highest BCUT2D eigenvalue weighted by Crippen LogP contribution is 2.37. The van der Waals surface area contributed by atoms with Crippen LogP contribution in [0.4, 0.5) is 0 Å². The lowest BCUT2D eigenvalue weighted by molar-refractivity contribution is -0.108. The molecule has 1 aromatic carbocycles. The minimum absolute atomic E-state index is 0.163. The highest BCUT2D eigenvalue weighted by Gasteiger charge is 2.22. The van der Waals surface area contributed by atoms with E-state index in [1.54, 1.807) is 0 Å².